The van der Waals surface area contributed by atoms with Crippen LogP contribution in [0.3, 0.4) is 0 Å². The molecule has 2 heterocycles. The van der Waals surface area contributed by atoms with Gasteiger partial charge < -0.3 is 10.5 Å². The number of anilines is 1. The molecule has 1 aliphatic heterocycles. The third-order valence-corrected chi connectivity index (χ3v) is 6.42. The van der Waals surface area contributed by atoms with Gasteiger partial charge in [0.05, 0.1) is 18.1 Å². The maximum atomic E-state index is 11.9. The number of benzene rings is 3. The first-order valence-electron chi connectivity index (χ1n) is 11.7. The Balaban J connectivity index is 1.18. The molecular weight excluding hydrogens is 434 g/mol. The summed E-state index contributed by atoms with van der Waals surface area (Å²) in [5.41, 5.74) is 11.2. The van der Waals surface area contributed by atoms with Crippen molar-refractivity contribution < 1.29 is 4.79 Å². The number of hydrogen-bond donors (Lipinski definition) is 1. The van der Waals surface area contributed by atoms with Crippen LogP contribution in [0.1, 0.15) is 11.1 Å². The van der Waals surface area contributed by atoms with E-state index in [1.807, 2.05) is 36.4 Å². The van der Waals surface area contributed by atoms with Gasteiger partial charge in [-0.3, -0.25) is 9.80 Å². The molecule has 35 heavy (non-hydrogen) atoms. The van der Waals surface area contributed by atoms with Crippen molar-refractivity contribution in [2.45, 2.75) is 12.6 Å². The zero-order chi connectivity index (χ0) is 24.0. The summed E-state index contributed by atoms with van der Waals surface area (Å²) >= 11 is 0. The van der Waals surface area contributed by atoms with Crippen molar-refractivity contribution >= 4 is 23.0 Å². The average Bonchev–Trinajstić information content (AvgIpc) is 2.90. The Labute approximate surface area is 205 Å². The van der Waals surface area contributed by atoms with Crippen LogP contribution >= 0.6 is 0 Å². The van der Waals surface area contributed by atoms with Gasteiger partial charge in [0.2, 0.25) is 0 Å². The molecule has 6 heteroatoms. The molecule has 0 amide bonds. The first-order valence-corrected chi connectivity index (χ1v) is 11.7. The number of carbonyl (C=O) groups is 1. The minimum atomic E-state index is -0.165. The molecule has 174 valence electrons. The highest BCUT2D eigenvalue weighted by molar-refractivity contribution is 5.88. The monoisotopic (exact) mass is 461 g/mol. The van der Waals surface area contributed by atoms with Gasteiger partial charge in [-0.05, 0) is 41.0 Å². The summed E-state index contributed by atoms with van der Waals surface area (Å²) < 4.78 is 0. The lowest BCUT2D eigenvalue weighted by Crippen LogP contribution is -2.53. The topological polar surface area (TPSA) is 75.3 Å². The number of fused-ring (bicyclic) bond motifs is 1. The van der Waals surface area contributed by atoms with Gasteiger partial charge in [-0.1, -0.05) is 60.4 Å². The maximum Gasteiger partial charge on any atom is 0.138 e. The summed E-state index contributed by atoms with van der Waals surface area (Å²) in [6, 6.07) is 24.5. The minimum Gasteiger partial charge on any atom is -0.383 e. The predicted octanol–water partition coefficient (Wildman–Crippen LogP) is 3.62. The first kappa shape index (κ1) is 22.7. The Hall–Kier alpha value is -4.05. The van der Waals surface area contributed by atoms with E-state index in [4.69, 9.17) is 5.73 Å². The number of aldehydes is 1. The molecule has 1 fully saturated rings. The van der Waals surface area contributed by atoms with Gasteiger partial charge in [-0.25, -0.2) is 9.97 Å². The molecule has 0 spiro atoms. The van der Waals surface area contributed by atoms with E-state index in [2.05, 4.69) is 68.0 Å². The Morgan fingerprint density at radius 2 is 1.77 bits per heavy atom. The largest absolute Gasteiger partial charge is 0.383 e. The van der Waals surface area contributed by atoms with Gasteiger partial charge in [0.15, 0.2) is 0 Å². The van der Waals surface area contributed by atoms with E-state index >= 15 is 0 Å². The van der Waals surface area contributed by atoms with Crippen LogP contribution in [0.15, 0.2) is 79.1 Å². The summed E-state index contributed by atoms with van der Waals surface area (Å²) in [6.45, 7) is 3.69. The van der Waals surface area contributed by atoms with Gasteiger partial charge in [0.1, 0.15) is 18.4 Å². The zero-order valence-electron chi connectivity index (χ0n) is 19.5. The second kappa shape index (κ2) is 10.5. The van der Waals surface area contributed by atoms with E-state index in [1.165, 1.54) is 17.5 Å². The number of aromatic nitrogens is 2. The molecule has 1 unspecified atom stereocenters. The Morgan fingerprint density at radius 3 is 2.57 bits per heavy atom. The van der Waals surface area contributed by atoms with Crippen molar-refractivity contribution in [3.8, 4) is 23.0 Å². The van der Waals surface area contributed by atoms with Crippen molar-refractivity contribution in [1.29, 1.82) is 0 Å². The quantitative estimate of drug-likeness (QED) is 0.362. The van der Waals surface area contributed by atoms with Crippen molar-refractivity contribution in [3.05, 3.63) is 90.3 Å². The van der Waals surface area contributed by atoms with Crippen LogP contribution in [-0.4, -0.2) is 58.3 Å². The lowest BCUT2D eigenvalue weighted by atomic mass is 10.0. The van der Waals surface area contributed by atoms with Gasteiger partial charge in [-0.2, -0.15) is 0 Å². The van der Waals surface area contributed by atoms with E-state index in [0.29, 0.717) is 25.5 Å². The van der Waals surface area contributed by atoms with E-state index in [1.54, 1.807) is 0 Å². The molecule has 1 saturated heterocycles. The smallest absolute Gasteiger partial charge is 0.138 e. The third-order valence-electron chi connectivity index (χ3n) is 6.42. The lowest BCUT2D eigenvalue weighted by molar-refractivity contribution is -0.114. The van der Waals surface area contributed by atoms with E-state index in [-0.39, 0.29) is 6.04 Å². The minimum absolute atomic E-state index is 0.165. The van der Waals surface area contributed by atoms with Crippen LogP contribution in [-0.2, 0) is 11.3 Å². The molecule has 4 aromatic rings. The maximum absolute atomic E-state index is 11.9. The van der Waals surface area contributed by atoms with Crippen LogP contribution < -0.4 is 5.73 Å². The van der Waals surface area contributed by atoms with Crippen molar-refractivity contribution in [2.24, 2.45) is 0 Å². The normalized spacial score (nSPS) is 16.5. The average molecular weight is 462 g/mol. The fraction of sp³-hybridized carbons (Fsp3) is 0.207. The van der Waals surface area contributed by atoms with Crippen LogP contribution in [0.25, 0.3) is 22.0 Å². The van der Waals surface area contributed by atoms with Crippen molar-refractivity contribution in [3.63, 3.8) is 0 Å². The Morgan fingerprint density at radius 1 is 0.971 bits per heavy atom. The third kappa shape index (κ3) is 5.38. The number of nitrogens with zero attached hydrogens (tertiary/aromatic N) is 4. The summed E-state index contributed by atoms with van der Waals surface area (Å²) in [6.07, 6.45) is 2.52. The highest BCUT2D eigenvalue weighted by atomic mass is 16.1. The van der Waals surface area contributed by atoms with Crippen molar-refractivity contribution in [2.75, 3.05) is 31.9 Å². The van der Waals surface area contributed by atoms with E-state index < -0.39 is 0 Å². The fourth-order valence-corrected chi connectivity index (χ4v) is 4.46. The van der Waals surface area contributed by atoms with E-state index in [0.717, 1.165) is 41.4 Å². The van der Waals surface area contributed by atoms with Crippen LogP contribution in [0.2, 0.25) is 0 Å². The Kier molecular flexibility index (Phi) is 6.80. The van der Waals surface area contributed by atoms with Gasteiger partial charge in [0, 0.05) is 37.1 Å². The molecular formula is C29H27N5O. The molecule has 1 aliphatic rings. The van der Waals surface area contributed by atoms with E-state index in [9.17, 15) is 4.79 Å². The fourth-order valence-electron chi connectivity index (χ4n) is 4.46. The predicted molar refractivity (Wildman–Crippen MR) is 139 cm³/mol. The summed E-state index contributed by atoms with van der Waals surface area (Å²) in [7, 11) is 0. The number of hydrogen-bond acceptors (Lipinski definition) is 6. The molecule has 0 aliphatic carbocycles. The number of piperazine rings is 1. The number of nitrogen functional groups attached to an aromatic ring is 1. The second-order valence-corrected chi connectivity index (χ2v) is 8.76. The number of carbonyl (C=O) groups excluding carboxylic acids is 1. The Bertz CT molecular complexity index is 1380. The molecule has 2 N–H and O–H groups in total. The molecule has 6 nitrogen and oxygen atoms in total. The van der Waals surface area contributed by atoms with Crippen molar-refractivity contribution in [1.82, 2.24) is 19.8 Å². The molecule has 5 rings (SSSR count). The van der Waals surface area contributed by atoms with Crippen LogP contribution in [0.4, 0.5) is 5.82 Å². The SMILES string of the molecule is Nc1ncnc2cc(CN3CCN(CC#Cc4ccc(-c5ccccc5)cc4)CC3C=O)ccc12. The molecule has 3 aromatic carbocycles. The highest BCUT2D eigenvalue weighted by Gasteiger charge is 2.26. The van der Waals surface area contributed by atoms with Gasteiger partial charge in [-0.15, -0.1) is 0 Å². The van der Waals surface area contributed by atoms with Crippen LogP contribution in [0.5, 0.6) is 0 Å². The van der Waals surface area contributed by atoms with Gasteiger partial charge in [0.25, 0.3) is 0 Å². The lowest BCUT2D eigenvalue weighted by Gasteiger charge is -2.38. The first-order chi connectivity index (χ1) is 17.2. The molecule has 0 radical (unpaired) electrons. The molecule has 1 aromatic heterocycles. The summed E-state index contributed by atoms with van der Waals surface area (Å²) in [5.74, 6) is 7.02. The summed E-state index contributed by atoms with van der Waals surface area (Å²) in [4.78, 5) is 24.7. The number of rotatable bonds is 5. The van der Waals surface area contributed by atoms with Gasteiger partial charge >= 0.3 is 0 Å². The van der Waals surface area contributed by atoms with Crippen LogP contribution in [0, 0.1) is 11.8 Å². The molecule has 0 saturated carbocycles. The highest BCUT2D eigenvalue weighted by Crippen LogP contribution is 2.21. The zero-order valence-corrected chi connectivity index (χ0v) is 19.5. The second-order valence-electron chi connectivity index (χ2n) is 8.76. The number of nitrogens with two attached hydrogens (primary N) is 1. The standard InChI is InChI=1S/C29H27N5O/c30-29-27-13-10-23(17-28(27)31-21-32-29)18-34-16-15-33(19-26(34)20-35)14-4-5-22-8-11-25(12-9-22)24-6-2-1-3-7-24/h1-3,6-13,17,20-21,26H,14-16,18-19H2,(H2,30,31,32). The molecule has 0 bridgehead atoms. The summed E-state index contributed by atoms with van der Waals surface area (Å²) in [5, 5.41) is 0.848. The molecule has 1 atom stereocenters.